The summed E-state index contributed by atoms with van der Waals surface area (Å²) in [7, 11) is 1.65. The quantitative estimate of drug-likeness (QED) is 0.808. The van der Waals surface area contributed by atoms with Gasteiger partial charge in [0.25, 0.3) is 0 Å². The number of likely N-dealkylation sites (N-methyl/N-ethyl adjacent to an activating group) is 1. The number of nitrogens with one attached hydrogen (secondary N) is 1. The van der Waals surface area contributed by atoms with E-state index in [-0.39, 0.29) is 11.3 Å². The van der Waals surface area contributed by atoms with Crippen molar-refractivity contribution in [3.05, 3.63) is 35.4 Å². The van der Waals surface area contributed by atoms with Crippen molar-refractivity contribution < 1.29 is 9.53 Å². The van der Waals surface area contributed by atoms with Crippen molar-refractivity contribution in [3.63, 3.8) is 0 Å². The minimum absolute atomic E-state index is 0.0429. The first-order valence-electron chi connectivity index (χ1n) is 7.32. The molecule has 21 heavy (non-hydrogen) atoms. The number of nitrogens with two attached hydrogens (primary N) is 1. The van der Waals surface area contributed by atoms with Gasteiger partial charge in [0.15, 0.2) is 0 Å². The molecule has 4 heteroatoms. The molecule has 4 nitrogen and oxygen atoms in total. The molecule has 0 bridgehead atoms. The van der Waals surface area contributed by atoms with Crippen LogP contribution in [0.3, 0.4) is 0 Å². The van der Waals surface area contributed by atoms with E-state index in [2.05, 4.69) is 19.2 Å². The first kappa shape index (κ1) is 17.7. The van der Waals surface area contributed by atoms with E-state index in [9.17, 15) is 4.79 Å². The van der Waals surface area contributed by atoms with Gasteiger partial charge >= 0.3 is 0 Å². The number of carbonyl (C=O) groups excluding carboxylic acids is 1. The molecule has 1 rings (SSSR count). The Labute approximate surface area is 128 Å². The van der Waals surface area contributed by atoms with Crippen LogP contribution in [0.2, 0.25) is 0 Å². The molecule has 0 aliphatic carbocycles. The summed E-state index contributed by atoms with van der Waals surface area (Å²) in [4.78, 5) is 12.4. The van der Waals surface area contributed by atoms with Crippen LogP contribution in [0.5, 0.6) is 0 Å². The molecule has 118 valence electrons. The third-order valence-corrected chi connectivity index (χ3v) is 3.82. The van der Waals surface area contributed by atoms with E-state index in [4.69, 9.17) is 10.5 Å². The molecule has 0 saturated carbocycles. The van der Waals surface area contributed by atoms with Crippen LogP contribution >= 0.6 is 0 Å². The highest BCUT2D eigenvalue weighted by atomic mass is 16.5. The van der Waals surface area contributed by atoms with Gasteiger partial charge in [0.05, 0.1) is 18.6 Å². The summed E-state index contributed by atoms with van der Waals surface area (Å²) in [5, 5.41) is 2.74. The van der Waals surface area contributed by atoms with Gasteiger partial charge in [-0.25, -0.2) is 0 Å². The van der Waals surface area contributed by atoms with E-state index in [1.807, 2.05) is 38.1 Å². The van der Waals surface area contributed by atoms with Gasteiger partial charge in [-0.05, 0) is 26.0 Å². The Balaban J connectivity index is 2.92. The SMILES string of the molecule is CNC(=O)C(C)(COCC(C)(C)CN)c1cccc(C)c1. The fourth-order valence-corrected chi connectivity index (χ4v) is 2.13. The van der Waals surface area contributed by atoms with Crippen LogP contribution in [0.1, 0.15) is 31.9 Å². The van der Waals surface area contributed by atoms with Crippen LogP contribution in [-0.2, 0) is 14.9 Å². The lowest BCUT2D eigenvalue weighted by Crippen LogP contribution is -2.45. The summed E-state index contributed by atoms with van der Waals surface area (Å²) < 4.78 is 5.83. The van der Waals surface area contributed by atoms with Gasteiger partial charge in [-0.2, -0.15) is 0 Å². The number of hydrogen-bond donors (Lipinski definition) is 2. The normalized spacial score (nSPS) is 14.6. The van der Waals surface area contributed by atoms with E-state index < -0.39 is 5.41 Å². The fourth-order valence-electron chi connectivity index (χ4n) is 2.13. The molecule has 1 atom stereocenters. The van der Waals surface area contributed by atoms with Gasteiger partial charge in [0.2, 0.25) is 5.91 Å². The summed E-state index contributed by atoms with van der Waals surface area (Å²) in [5.41, 5.74) is 7.02. The maximum atomic E-state index is 12.4. The lowest BCUT2D eigenvalue weighted by atomic mass is 9.81. The van der Waals surface area contributed by atoms with Crippen molar-refractivity contribution in [2.24, 2.45) is 11.1 Å². The Morgan fingerprint density at radius 2 is 1.95 bits per heavy atom. The van der Waals surface area contributed by atoms with Crippen molar-refractivity contribution >= 4 is 5.91 Å². The highest BCUT2D eigenvalue weighted by Crippen LogP contribution is 2.26. The van der Waals surface area contributed by atoms with Crippen LogP contribution in [0, 0.1) is 12.3 Å². The third-order valence-electron chi connectivity index (χ3n) is 3.82. The van der Waals surface area contributed by atoms with E-state index in [0.29, 0.717) is 19.8 Å². The number of aryl methyl sites for hydroxylation is 1. The zero-order valence-electron chi connectivity index (χ0n) is 13.8. The molecular weight excluding hydrogens is 264 g/mol. The lowest BCUT2D eigenvalue weighted by Gasteiger charge is -2.30. The molecule has 0 fully saturated rings. The maximum absolute atomic E-state index is 12.4. The van der Waals surface area contributed by atoms with Gasteiger partial charge in [0, 0.05) is 12.5 Å². The molecule has 0 radical (unpaired) electrons. The molecule has 0 heterocycles. The van der Waals surface area contributed by atoms with Crippen molar-refractivity contribution in [3.8, 4) is 0 Å². The predicted molar refractivity (Wildman–Crippen MR) is 86.3 cm³/mol. The summed E-state index contributed by atoms with van der Waals surface area (Å²) in [6.45, 7) is 9.45. The zero-order chi connectivity index (χ0) is 16.1. The van der Waals surface area contributed by atoms with E-state index in [0.717, 1.165) is 11.1 Å². The van der Waals surface area contributed by atoms with E-state index >= 15 is 0 Å². The molecule has 0 spiro atoms. The number of ether oxygens (including phenoxy) is 1. The second-order valence-corrected chi connectivity index (χ2v) is 6.64. The van der Waals surface area contributed by atoms with Gasteiger partial charge < -0.3 is 15.8 Å². The molecule has 0 aliphatic rings. The molecular formula is C17H28N2O2. The number of rotatable bonds is 7. The van der Waals surface area contributed by atoms with Gasteiger partial charge in [-0.3, -0.25) is 4.79 Å². The van der Waals surface area contributed by atoms with Gasteiger partial charge in [-0.1, -0.05) is 43.7 Å². The fraction of sp³-hybridized carbons (Fsp3) is 0.588. The Hall–Kier alpha value is -1.39. The molecule has 0 aliphatic heterocycles. The second kappa shape index (κ2) is 7.05. The predicted octanol–water partition coefficient (Wildman–Crippen LogP) is 2.00. The van der Waals surface area contributed by atoms with Crippen molar-refractivity contribution in [1.82, 2.24) is 5.32 Å². The Morgan fingerprint density at radius 3 is 2.48 bits per heavy atom. The summed E-state index contributed by atoms with van der Waals surface area (Å²) >= 11 is 0. The highest BCUT2D eigenvalue weighted by Gasteiger charge is 2.35. The standard InChI is InChI=1S/C17H28N2O2/c1-13-7-6-8-14(9-13)17(4,15(20)19-5)12-21-11-16(2,3)10-18/h6-9H,10-12,18H2,1-5H3,(H,19,20). The average molecular weight is 292 g/mol. The van der Waals surface area contributed by atoms with Gasteiger partial charge in [-0.15, -0.1) is 0 Å². The Kier molecular flexibility index (Phi) is 5.93. The lowest BCUT2D eigenvalue weighted by molar-refractivity contribution is -0.128. The Morgan fingerprint density at radius 1 is 1.29 bits per heavy atom. The first-order valence-corrected chi connectivity index (χ1v) is 7.32. The molecule has 0 saturated heterocycles. The minimum Gasteiger partial charge on any atom is -0.379 e. The van der Waals surface area contributed by atoms with Crippen LogP contribution in [0.25, 0.3) is 0 Å². The maximum Gasteiger partial charge on any atom is 0.232 e. The number of amides is 1. The van der Waals surface area contributed by atoms with E-state index in [1.54, 1.807) is 7.05 Å². The average Bonchev–Trinajstić information content (AvgIpc) is 2.46. The number of carbonyl (C=O) groups is 1. The molecule has 0 aromatic heterocycles. The molecule has 1 aromatic carbocycles. The summed E-state index contributed by atoms with van der Waals surface area (Å²) in [5.74, 6) is -0.0429. The van der Waals surface area contributed by atoms with Crippen LogP contribution in [0.15, 0.2) is 24.3 Å². The minimum atomic E-state index is -0.703. The number of benzene rings is 1. The molecule has 1 aromatic rings. The van der Waals surface area contributed by atoms with Crippen molar-refractivity contribution in [1.29, 1.82) is 0 Å². The largest absolute Gasteiger partial charge is 0.379 e. The Bertz CT molecular complexity index is 485. The highest BCUT2D eigenvalue weighted by molar-refractivity contribution is 5.87. The summed E-state index contributed by atoms with van der Waals surface area (Å²) in [6.07, 6.45) is 0. The number of hydrogen-bond acceptors (Lipinski definition) is 3. The second-order valence-electron chi connectivity index (χ2n) is 6.64. The van der Waals surface area contributed by atoms with Crippen molar-refractivity contribution in [2.45, 2.75) is 33.1 Å². The summed E-state index contributed by atoms with van der Waals surface area (Å²) in [6, 6.07) is 7.99. The molecule has 1 unspecified atom stereocenters. The smallest absolute Gasteiger partial charge is 0.232 e. The van der Waals surface area contributed by atoms with Gasteiger partial charge in [0.1, 0.15) is 0 Å². The molecule has 3 N–H and O–H groups in total. The first-order chi connectivity index (χ1) is 9.75. The van der Waals surface area contributed by atoms with Crippen LogP contribution < -0.4 is 11.1 Å². The van der Waals surface area contributed by atoms with Crippen molar-refractivity contribution in [2.75, 3.05) is 26.8 Å². The topological polar surface area (TPSA) is 64.3 Å². The third kappa shape index (κ3) is 4.55. The van der Waals surface area contributed by atoms with E-state index in [1.165, 1.54) is 0 Å². The molecule has 1 amide bonds. The van der Waals surface area contributed by atoms with Crippen LogP contribution in [-0.4, -0.2) is 32.7 Å². The zero-order valence-corrected chi connectivity index (χ0v) is 13.8. The monoisotopic (exact) mass is 292 g/mol. The van der Waals surface area contributed by atoms with Crippen LogP contribution in [0.4, 0.5) is 0 Å².